The molecule has 0 bridgehead atoms. The van der Waals surface area contributed by atoms with Gasteiger partial charge in [0, 0.05) is 21.9 Å². The van der Waals surface area contributed by atoms with Crippen LogP contribution < -0.4 is 11.2 Å². The lowest BCUT2D eigenvalue weighted by molar-refractivity contribution is -0.523. The Morgan fingerprint density at radius 3 is 2.71 bits per heavy atom. The predicted octanol–water partition coefficient (Wildman–Crippen LogP) is 0.837. The van der Waals surface area contributed by atoms with Crippen molar-refractivity contribution in [1.29, 1.82) is 0 Å². The topological polar surface area (TPSA) is 70.5 Å². The maximum absolute atomic E-state index is 10.5. The van der Waals surface area contributed by atoms with Crippen LogP contribution in [0.1, 0.15) is 32.6 Å². The number of nitrogens with two attached hydrogens (primary N) is 1. The van der Waals surface area contributed by atoms with Crippen LogP contribution in [-0.2, 0) is 0 Å². The molecule has 3 N–H and O–H groups in total. The molecular formula is C9H21N4O+. The van der Waals surface area contributed by atoms with Gasteiger partial charge in [-0.05, 0) is 26.2 Å². The van der Waals surface area contributed by atoms with Gasteiger partial charge in [-0.25, -0.2) is 0 Å². The number of rotatable bonds is 8. The fourth-order valence-electron chi connectivity index (χ4n) is 1.11. The molecule has 0 atom stereocenters. The highest BCUT2D eigenvalue weighted by Crippen LogP contribution is 1.99. The van der Waals surface area contributed by atoms with Crippen molar-refractivity contribution in [2.45, 2.75) is 32.6 Å². The highest BCUT2D eigenvalue weighted by atomic mass is 16.3. The summed E-state index contributed by atoms with van der Waals surface area (Å²) >= 11 is 0. The first-order valence-electron chi connectivity index (χ1n) is 4.99. The van der Waals surface area contributed by atoms with Crippen LogP contribution in [0.4, 0.5) is 0 Å². The molecule has 0 fully saturated rings. The quantitative estimate of drug-likeness (QED) is 0.153. The molecule has 0 aromatic heterocycles. The first kappa shape index (κ1) is 13.0. The summed E-state index contributed by atoms with van der Waals surface area (Å²) in [6.45, 7) is 3.24. The Morgan fingerprint density at radius 1 is 1.43 bits per heavy atom. The van der Waals surface area contributed by atoms with Gasteiger partial charge in [0.05, 0.1) is 0 Å². The zero-order valence-electron chi connectivity index (χ0n) is 9.12. The number of hydrogen-bond acceptors (Lipinski definition) is 4. The van der Waals surface area contributed by atoms with Crippen LogP contribution in [0, 0.1) is 4.91 Å². The smallest absolute Gasteiger partial charge is 0.244 e. The molecule has 0 aromatic carbocycles. The van der Waals surface area contributed by atoms with Crippen molar-refractivity contribution < 1.29 is 4.76 Å². The molecule has 14 heavy (non-hydrogen) atoms. The van der Waals surface area contributed by atoms with Gasteiger partial charge in [-0.15, -0.1) is 0 Å². The van der Waals surface area contributed by atoms with E-state index < -0.39 is 0 Å². The van der Waals surface area contributed by atoms with Gasteiger partial charge in [-0.3, -0.25) is 5.32 Å². The lowest BCUT2D eigenvalue weighted by atomic mass is 10.1. The van der Waals surface area contributed by atoms with Gasteiger partial charge in [-0.1, -0.05) is 6.42 Å². The van der Waals surface area contributed by atoms with E-state index >= 15 is 0 Å². The second kappa shape index (κ2) is 8.62. The Morgan fingerprint density at radius 2 is 2.14 bits per heavy atom. The molecule has 0 aliphatic heterocycles. The van der Waals surface area contributed by atoms with E-state index in [-0.39, 0.29) is 0 Å². The fourth-order valence-corrected chi connectivity index (χ4v) is 1.11. The van der Waals surface area contributed by atoms with E-state index in [4.69, 9.17) is 5.84 Å². The van der Waals surface area contributed by atoms with Crippen molar-refractivity contribution >= 4 is 5.71 Å². The number of nitroso groups, excluding NO2 is 1. The van der Waals surface area contributed by atoms with E-state index in [0.29, 0.717) is 6.67 Å². The molecule has 5 nitrogen and oxygen atoms in total. The van der Waals surface area contributed by atoms with Gasteiger partial charge in [0.25, 0.3) is 0 Å². The zero-order chi connectivity index (χ0) is 10.8. The van der Waals surface area contributed by atoms with Crippen LogP contribution in [0.5, 0.6) is 0 Å². The van der Waals surface area contributed by atoms with E-state index in [9.17, 15) is 4.91 Å². The van der Waals surface area contributed by atoms with Crippen LogP contribution in [0.2, 0.25) is 0 Å². The highest BCUT2D eigenvalue weighted by molar-refractivity contribution is 5.81. The second-order valence-corrected chi connectivity index (χ2v) is 3.46. The van der Waals surface area contributed by atoms with Gasteiger partial charge >= 0.3 is 0 Å². The summed E-state index contributed by atoms with van der Waals surface area (Å²) in [5.41, 5.74) is 0.997. The predicted molar refractivity (Wildman–Crippen MR) is 58.2 cm³/mol. The molecule has 0 amide bonds. The van der Waals surface area contributed by atoms with E-state index in [0.717, 1.165) is 42.7 Å². The first-order chi connectivity index (χ1) is 6.66. The molecule has 0 saturated carbocycles. The SMILES string of the molecule is CC(CCCCCNC[N+](C)=O)=NN. The molecule has 0 aliphatic carbocycles. The van der Waals surface area contributed by atoms with Gasteiger partial charge < -0.3 is 5.84 Å². The number of nitrogens with zero attached hydrogens (tertiary/aromatic N) is 2. The molecule has 0 spiro atoms. The highest BCUT2D eigenvalue weighted by Gasteiger charge is 1.96. The molecule has 0 heterocycles. The summed E-state index contributed by atoms with van der Waals surface area (Å²) in [5, 5.41) is 6.64. The van der Waals surface area contributed by atoms with Crippen molar-refractivity contribution in [3.63, 3.8) is 0 Å². The molecule has 82 valence electrons. The molecule has 0 unspecified atom stereocenters. The Bertz CT molecular complexity index is 191. The summed E-state index contributed by atoms with van der Waals surface area (Å²) < 4.78 is 0.880. The molecule has 0 aliphatic rings. The minimum absolute atomic E-state index is 0.406. The Balaban J connectivity index is 3.10. The molecule has 0 saturated heterocycles. The first-order valence-corrected chi connectivity index (χ1v) is 4.99. The standard InChI is InChI=1S/C9H21N4O/c1-9(12-10)6-4-3-5-7-11-8-13(2)14/h11H,3-8,10H2,1-2H3/q+1. The molecule has 0 radical (unpaired) electrons. The largest absolute Gasteiger partial charge is 0.323 e. The Kier molecular flexibility index (Phi) is 8.02. The third-order valence-corrected chi connectivity index (χ3v) is 1.95. The fraction of sp³-hybridized carbons (Fsp3) is 0.889. The number of nitrogens with one attached hydrogen (secondary N) is 1. The Hall–Kier alpha value is -0.970. The maximum atomic E-state index is 10.5. The van der Waals surface area contributed by atoms with Crippen LogP contribution in [0.15, 0.2) is 5.10 Å². The average Bonchev–Trinajstić information content (AvgIpc) is 2.15. The summed E-state index contributed by atoms with van der Waals surface area (Å²) in [5.74, 6) is 5.10. The Labute approximate surface area is 85.3 Å². The minimum atomic E-state index is 0.406. The lowest BCUT2D eigenvalue weighted by Crippen LogP contribution is -2.23. The van der Waals surface area contributed by atoms with Crippen molar-refractivity contribution in [2.24, 2.45) is 10.9 Å². The van der Waals surface area contributed by atoms with Gasteiger partial charge in [0.15, 0.2) is 7.05 Å². The lowest BCUT2D eigenvalue weighted by Gasteiger charge is -2.00. The summed E-state index contributed by atoms with van der Waals surface area (Å²) in [7, 11) is 1.51. The normalized spacial score (nSPS) is 11.7. The number of unbranched alkanes of at least 4 members (excludes halogenated alkanes) is 2. The number of hydrazone groups is 1. The third kappa shape index (κ3) is 9.12. The van der Waals surface area contributed by atoms with E-state index in [1.54, 1.807) is 0 Å². The van der Waals surface area contributed by atoms with Crippen molar-refractivity contribution in [3.8, 4) is 0 Å². The van der Waals surface area contributed by atoms with E-state index in [1.165, 1.54) is 7.05 Å². The summed E-state index contributed by atoms with van der Waals surface area (Å²) in [6, 6.07) is 0. The average molecular weight is 201 g/mol. The molecular weight excluding hydrogens is 180 g/mol. The van der Waals surface area contributed by atoms with E-state index in [1.807, 2.05) is 6.92 Å². The summed E-state index contributed by atoms with van der Waals surface area (Å²) in [4.78, 5) is 10.5. The maximum Gasteiger partial charge on any atom is 0.244 e. The van der Waals surface area contributed by atoms with Gasteiger partial charge in [0.1, 0.15) is 0 Å². The summed E-state index contributed by atoms with van der Waals surface area (Å²) in [6.07, 6.45) is 4.31. The van der Waals surface area contributed by atoms with Crippen LogP contribution in [0.25, 0.3) is 0 Å². The van der Waals surface area contributed by atoms with Crippen LogP contribution in [-0.4, -0.2) is 30.7 Å². The van der Waals surface area contributed by atoms with E-state index in [2.05, 4.69) is 10.4 Å². The zero-order valence-corrected chi connectivity index (χ0v) is 9.12. The van der Waals surface area contributed by atoms with Crippen molar-refractivity contribution in [2.75, 3.05) is 20.3 Å². The molecule has 5 heteroatoms. The van der Waals surface area contributed by atoms with Crippen molar-refractivity contribution in [1.82, 2.24) is 5.32 Å². The molecule has 0 aromatic rings. The van der Waals surface area contributed by atoms with Gasteiger partial charge in [0.2, 0.25) is 6.67 Å². The second-order valence-electron chi connectivity index (χ2n) is 3.46. The van der Waals surface area contributed by atoms with Crippen molar-refractivity contribution in [3.05, 3.63) is 4.91 Å². The number of hydrogen-bond donors (Lipinski definition) is 2. The van der Waals surface area contributed by atoms with Crippen LogP contribution >= 0.6 is 0 Å². The third-order valence-electron chi connectivity index (χ3n) is 1.95. The van der Waals surface area contributed by atoms with Gasteiger partial charge in [-0.2, -0.15) is 5.10 Å². The molecule has 0 rings (SSSR count). The minimum Gasteiger partial charge on any atom is -0.323 e. The van der Waals surface area contributed by atoms with Crippen LogP contribution in [0.3, 0.4) is 0 Å². The monoisotopic (exact) mass is 201 g/mol.